The fourth-order valence-corrected chi connectivity index (χ4v) is 3.58. The molecule has 1 amide bonds. The number of nitrogens with one attached hydrogen (secondary N) is 1. The van der Waals surface area contributed by atoms with Crippen LogP contribution in [-0.4, -0.2) is 40.8 Å². The highest BCUT2D eigenvalue weighted by molar-refractivity contribution is 7.92. The van der Waals surface area contributed by atoms with Gasteiger partial charge in [0.2, 0.25) is 15.9 Å². The molecule has 2 aromatic carbocycles. The molecule has 0 spiro atoms. The Bertz CT molecular complexity index is 822. The summed E-state index contributed by atoms with van der Waals surface area (Å²) in [4.78, 5) is 11.9. The van der Waals surface area contributed by atoms with Crippen LogP contribution in [0.25, 0.3) is 0 Å². The van der Waals surface area contributed by atoms with Gasteiger partial charge in [0.25, 0.3) is 0 Å². The number of ether oxygens (including phenoxy) is 1. The van der Waals surface area contributed by atoms with Gasteiger partial charge in [-0.2, -0.15) is 0 Å². The molecule has 0 heterocycles. The molecule has 0 unspecified atom stereocenters. The lowest BCUT2D eigenvalue weighted by atomic mass is 10.1. The average Bonchev–Trinajstić information content (AvgIpc) is 2.66. The summed E-state index contributed by atoms with van der Waals surface area (Å²) in [7, 11) is -0.442. The first-order valence-corrected chi connectivity index (χ1v) is 9.94. The van der Waals surface area contributed by atoms with Crippen molar-refractivity contribution in [3.05, 3.63) is 60.2 Å². The maximum absolute atomic E-state index is 12.3. The van der Waals surface area contributed by atoms with E-state index < -0.39 is 10.0 Å². The second kappa shape index (κ2) is 9.24. The van der Waals surface area contributed by atoms with Crippen LogP contribution >= 0.6 is 0 Å². The summed E-state index contributed by atoms with van der Waals surface area (Å²) < 4.78 is 31.0. The number of anilines is 1. The molecule has 2 aromatic rings. The monoisotopic (exact) mass is 376 g/mol. The molecule has 0 aliphatic heterocycles. The highest BCUT2D eigenvalue weighted by atomic mass is 32.2. The van der Waals surface area contributed by atoms with E-state index in [0.717, 1.165) is 11.3 Å². The molecule has 1 N–H and O–H groups in total. The number of benzene rings is 2. The average molecular weight is 376 g/mol. The second-order valence-electron chi connectivity index (χ2n) is 5.82. The van der Waals surface area contributed by atoms with Crippen LogP contribution in [0.1, 0.15) is 12.0 Å². The normalized spacial score (nSPS) is 11.0. The third kappa shape index (κ3) is 5.77. The van der Waals surface area contributed by atoms with Crippen molar-refractivity contribution in [2.45, 2.75) is 12.8 Å². The number of para-hydroxylation sites is 1. The fraction of sp³-hybridized carbons (Fsp3) is 0.316. The van der Waals surface area contributed by atoms with Crippen molar-refractivity contribution in [3.8, 4) is 5.75 Å². The van der Waals surface area contributed by atoms with Crippen molar-refractivity contribution in [1.82, 2.24) is 5.32 Å². The van der Waals surface area contributed by atoms with Crippen LogP contribution in [0.5, 0.6) is 5.75 Å². The molecule has 0 radical (unpaired) electrons. The molecule has 0 saturated carbocycles. The molecule has 7 heteroatoms. The molecular formula is C19H24N2O4S. The van der Waals surface area contributed by atoms with Gasteiger partial charge in [-0.3, -0.25) is 9.10 Å². The van der Waals surface area contributed by atoms with Gasteiger partial charge in [-0.05, 0) is 36.2 Å². The van der Waals surface area contributed by atoms with Crippen molar-refractivity contribution in [2.75, 3.05) is 30.8 Å². The molecular weight excluding hydrogens is 352 g/mol. The summed E-state index contributed by atoms with van der Waals surface area (Å²) >= 11 is 0. The molecule has 6 nitrogen and oxygen atoms in total. The zero-order chi connectivity index (χ0) is 19.0. The van der Waals surface area contributed by atoms with Crippen LogP contribution in [0.15, 0.2) is 54.6 Å². The Hall–Kier alpha value is -2.54. The van der Waals surface area contributed by atoms with Gasteiger partial charge in [0.1, 0.15) is 5.75 Å². The lowest BCUT2D eigenvalue weighted by Crippen LogP contribution is -2.33. The predicted octanol–water partition coefficient (Wildman–Crippen LogP) is 2.21. The Balaban J connectivity index is 1.79. The number of sulfonamides is 1. The Morgan fingerprint density at radius 1 is 1.12 bits per heavy atom. The highest BCUT2D eigenvalue weighted by Gasteiger charge is 2.19. The molecule has 26 heavy (non-hydrogen) atoms. The Morgan fingerprint density at radius 3 is 2.54 bits per heavy atom. The number of nitrogens with zero attached hydrogens (tertiary/aromatic N) is 1. The molecule has 0 fully saturated rings. The first-order valence-electron chi connectivity index (χ1n) is 8.33. The molecule has 0 aromatic heterocycles. The number of amides is 1. The predicted molar refractivity (Wildman–Crippen MR) is 103 cm³/mol. The van der Waals surface area contributed by atoms with Gasteiger partial charge in [-0.1, -0.05) is 30.3 Å². The van der Waals surface area contributed by atoms with E-state index in [2.05, 4.69) is 5.32 Å². The Morgan fingerprint density at radius 2 is 1.85 bits per heavy atom. The van der Waals surface area contributed by atoms with Crippen molar-refractivity contribution in [1.29, 1.82) is 0 Å². The first-order chi connectivity index (χ1) is 12.4. The lowest BCUT2D eigenvalue weighted by Gasteiger charge is -2.19. The topological polar surface area (TPSA) is 75.7 Å². The van der Waals surface area contributed by atoms with Crippen molar-refractivity contribution >= 4 is 21.6 Å². The van der Waals surface area contributed by atoms with Crippen LogP contribution in [0.2, 0.25) is 0 Å². The molecule has 0 aliphatic carbocycles. The van der Waals surface area contributed by atoms with Gasteiger partial charge >= 0.3 is 0 Å². The summed E-state index contributed by atoms with van der Waals surface area (Å²) in [6.45, 7) is 0.445. The summed E-state index contributed by atoms with van der Waals surface area (Å²) in [5, 5.41) is 2.76. The molecule has 0 aliphatic rings. The molecule has 0 saturated heterocycles. The van der Waals surface area contributed by atoms with E-state index in [1.165, 1.54) is 11.4 Å². The van der Waals surface area contributed by atoms with E-state index in [1.807, 2.05) is 30.3 Å². The lowest BCUT2D eigenvalue weighted by molar-refractivity contribution is -0.120. The zero-order valence-corrected chi connectivity index (χ0v) is 15.8. The fourth-order valence-electron chi connectivity index (χ4n) is 2.42. The molecule has 0 bridgehead atoms. The van der Waals surface area contributed by atoms with Gasteiger partial charge in [0.15, 0.2) is 0 Å². The van der Waals surface area contributed by atoms with Gasteiger partial charge in [0.05, 0.1) is 18.6 Å². The quantitative estimate of drug-likeness (QED) is 0.728. The minimum Gasteiger partial charge on any atom is -0.497 e. The largest absolute Gasteiger partial charge is 0.497 e. The Labute approximate surface area is 154 Å². The smallest absolute Gasteiger partial charge is 0.235 e. The number of carbonyl (C=O) groups is 1. The molecule has 140 valence electrons. The van der Waals surface area contributed by atoms with E-state index in [1.54, 1.807) is 31.4 Å². The second-order valence-corrected chi connectivity index (χ2v) is 7.94. The number of carbonyl (C=O) groups excluding carboxylic acids is 1. The van der Waals surface area contributed by atoms with Crippen LogP contribution in [0.3, 0.4) is 0 Å². The maximum Gasteiger partial charge on any atom is 0.235 e. The van der Waals surface area contributed by atoms with Crippen molar-refractivity contribution < 1.29 is 17.9 Å². The van der Waals surface area contributed by atoms with Gasteiger partial charge in [0, 0.05) is 20.0 Å². The van der Waals surface area contributed by atoms with Gasteiger partial charge < -0.3 is 10.1 Å². The standard InChI is InChI=1S/C19H24N2O4S/c1-21(17-8-4-3-5-9-17)26(23,24)14-12-19(22)20-13-11-16-7-6-10-18(15-16)25-2/h3-10,15H,11-14H2,1-2H3,(H,20,22). The third-order valence-electron chi connectivity index (χ3n) is 3.99. The number of hydrogen-bond donors (Lipinski definition) is 1. The molecule has 2 rings (SSSR count). The SMILES string of the molecule is COc1cccc(CCNC(=O)CCS(=O)(=O)N(C)c2ccccc2)c1. The van der Waals surface area contributed by atoms with Crippen LogP contribution < -0.4 is 14.4 Å². The minimum absolute atomic E-state index is 0.0718. The summed E-state index contributed by atoms with van der Waals surface area (Å²) in [5.74, 6) is 0.255. The van der Waals surface area contributed by atoms with Gasteiger partial charge in [-0.15, -0.1) is 0 Å². The number of methoxy groups -OCH3 is 1. The summed E-state index contributed by atoms with van der Waals surface area (Å²) in [6.07, 6.45) is 0.581. The summed E-state index contributed by atoms with van der Waals surface area (Å²) in [6, 6.07) is 16.4. The zero-order valence-electron chi connectivity index (χ0n) is 15.0. The van der Waals surface area contributed by atoms with Crippen LogP contribution in [0, 0.1) is 0 Å². The van der Waals surface area contributed by atoms with E-state index in [9.17, 15) is 13.2 Å². The highest BCUT2D eigenvalue weighted by Crippen LogP contribution is 2.16. The van der Waals surface area contributed by atoms with Crippen molar-refractivity contribution in [2.24, 2.45) is 0 Å². The number of hydrogen-bond acceptors (Lipinski definition) is 4. The van der Waals surface area contributed by atoms with E-state index in [0.29, 0.717) is 18.7 Å². The maximum atomic E-state index is 12.3. The first kappa shape index (κ1) is 19.8. The minimum atomic E-state index is -3.54. The number of rotatable bonds is 9. The summed E-state index contributed by atoms with van der Waals surface area (Å²) in [5.41, 5.74) is 1.62. The van der Waals surface area contributed by atoms with Gasteiger partial charge in [-0.25, -0.2) is 8.42 Å². The van der Waals surface area contributed by atoms with E-state index >= 15 is 0 Å². The molecule has 0 atom stereocenters. The van der Waals surface area contributed by atoms with Crippen LogP contribution in [-0.2, 0) is 21.2 Å². The third-order valence-corrected chi connectivity index (χ3v) is 5.76. The van der Waals surface area contributed by atoms with Crippen molar-refractivity contribution in [3.63, 3.8) is 0 Å². The van der Waals surface area contributed by atoms with E-state index in [-0.39, 0.29) is 18.1 Å². The Kier molecular flexibility index (Phi) is 7.03. The van der Waals surface area contributed by atoms with E-state index in [4.69, 9.17) is 4.74 Å². The van der Waals surface area contributed by atoms with Crippen LogP contribution in [0.4, 0.5) is 5.69 Å².